The maximum absolute atomic E-state index is 10.2. The lowest BCUT2D eigenvalue weighted by molar-refractivity contribution is 0.0262. The molecular formula is C13H29NO. The largest absolute Gasteiger partial charge is 0.390 e. The molecule has 2 heteroatoms. The van der Waals surface area contributed by atoms with Crippen molar-refractivity contribution in [1.82, 2.24) is 5.32 Å². The molecule has 0 spiro atoms. The molecule has 0 aliphatic rings. The lowest BCUT2D eigenvalue weighted by Crippen LogP contribution is -2.40. The standard InChI is InChI=1S/C13H29NO/c1-7-11(2)10-13(6,15)8-9-14-12(3,4)5/h11,14-15H,7-10H2,1-6H3. The van der Waals surface area contributed by atoms with Gasteiger partial charge in [-0.2, -0.15) is 0 Å². The zero-order valence-corrected chi connectivity index (χ0v) is 11.4. The van der Waals surface area contributed by atoms with Crippen molar-refractivity contribution in [3.05, 3.63) is 0 Å². The molecule has 0 amide bonds. The first-order valence-corrected chi connectivity index (χ1v) is 6.14. The molecule has 0 fully saturated rings. The van der Waals surface area contributed by atoms with Gasteiger partial charge in [-0.25, -0.2) is 0 Å². The van der Waals surface area contributed by atoms with Gasteiger partial charge in [0.15, 0.2) is 0 Å². The van der Waals surface area contributed by atoms with Crippen molar-refractivity contribution in [3.63, 3.8) is 0 Å². The zero-order valence-electron chi connectivity index (χ0n) is 11.4. The van der Waals surface area contributed by atoms with Gasteiger partial charge in [0, 0.05) is 5.54 Å². The fraction of sp³-hybridized carbons (Fsp3) is 1.00. The lowest BCUT2D eigenvalue weighted by atomic mass is 9.89. The van der Waals surface area contributed by atoms with Crippen molar-refractivity contribution in [2.24, 2.45) is 5.92 Å². The molecule has 2 nitrogen and oxygen atoms in total. The van der Waals surface area contributed by atoms with Crippen LogP contribution in [0.4, 0.5) is 0 Å². The van der Waals surface area contributed by atoms with Crippen LogP contribution in [0.25, 0.3) is 0 Å². The molecule has 2 N–H and O–H groups in total. The third kappa shape index (κ3) is 8.88. The smallest absolute Gasteiger partial charge is 0.0634 e. The Morgan fingerprint density at radius 2 is 1.73 bits per heavy atom. The van der Waals surface area contributed by atoms with E-state index < -0.39 is 5.60 Å². The third-order valence-corrected chi connectivity index (χ3v) is 2.80. The van der Waals surface area contributed by atoms with Crippen molar-refractivity contribution in [2.45, 2.75) is 71.9 Å². The van der Waals surface area contributed by atoms with Gasteiger partial charge in [0.25, 0.3) is 0 Å². The van der Waals surface area contributed by atoms with Gasteiger partial charge in [0.05, 0.1) is 5.60 Å². The maximum atomic E-state index is 10.2. The zero-order chi connectivity index (χ0) is 12.1. The molecule has 0 heterocycles. The molecule has 0 aromatic heterocycles. The average Bonchev–Trinajstić information content (AvgIpc) is 2.00. The monoisotopic (exact) mass is 215 g/mol. The molecule has 0 saturated heterocycles. The summed E-state index contributed by atoms with van der Waals surface area (Å²) in [4.78, 5) is 0. The highest BCUT2D eigenvalue weighted by Crippen LogP contribution is 2.21. The minimum absolute atomic E-state index is 0.145. The molecule has 2 unspecified atom stereocenters. The van der Waals surface area contributed by atoms with Crippen LogP contribution in [0.3, 0.4) is 0 Å². The van der Waals surface area contributed by atoms with Gasteiger partial charge >= 0.3 is 0 Å². The predicted molar refractivity (Wildman–Crippen MR) is 67.1 cm³/mol. The van der Waals surface area contributed by atoms with E-state index in [1.54, 1.807) is 0 Å². The van der Waals surface area contributed by atoms with Gasteiger partial charge in [-0.3, -0.25) is 0 Å². The van der Waals surface area contributed by atoms with E-state index >= 15 is 0 Å². The summed E-state index contributed by atoms with van der Waals surface area (Å²) in [6.45, 7) is 13.7. The van der Waals surface area contributed by atoms with E-state index in [0.717, 1.165) is 25.8 Å². The van der Waals surface area contributed by atoms with Crippen LogP contribution in [0.2, 0.25) is 0 Å². The Balaban J connectivity index is 3.84. The Morgan fingerprint density at radius 3 is 2.13 bits per heavy atom. The minimum atomic E-state index is -0.520. The summed E-state index contributed by atoms with van der Waals surface area (Å²) in [6.07, 6.45) is 2.87. The molecule has 0 radical (unpaired) electrons. The number of aliphatic hydroxyl groups is 1. The number of hydrogen-bond donors (Lipinski definition) is 2. The van der Waals surface area contributed by atoms with E-state index in [1.165, 1.54) is 0 Å². The average molecular weight is 215 g/mol. The second-order valence-corrected chi connectivity index (χ2v) is 6.14. The Labute approximate surface area is 95.5 Å². The van der Waals surface area contributed by atoms with Crippen LogP contribution in [-0.4, -0.2) is 22.8 Å². The normalized spacial score (nSPS) is 18.6. The Hall–Kier alpha value is -0.0800. The van der Waals surface area contributed by atoms with Crippen molar-refractivity contribution in [3.8, 4) is 0 Å². The van der Waals surface area contributed by atoms with E-state index in [9.17, 15) is 5.11 Å². The van der Waals surface area contributed by atoms with E-state index in [1.807, 2.05) is 6.92 Å². The summed E-state index contributed by atoms with van der Waals surface area (Å²) in [5.74, 6) is 0.606. The lowest BCUT2D eigenvalue weighted by Gasteiger charge is -2.28. The molecule has 2 atom stereocenters. The summed E-state index contributed by atoms with van der Waals surface area (Å²) in [7, 11) is 0. The van der Waals surface area contributed by atoms with Crippen molar-refractivity contribution in [1.29, 1.82) is 0 Å². The summed E-state index contributed by atoms with van der Waals surface area (Å²) in [6, 6.07) is 0. The molecule has 0 saturated carbocycles. The van der Waals surface area contributed by atoms with Crippen molar-refractivity contribution in [2.75, 3.05) is 6.54 Å². The van der Waals surface area contributed by atoms with Gasteiger partial charge in [0.2, 0.25) is 0 Å². The Morgan fingerprint density at radius 1 is 1.20 bits per heavy atom. The fourth-order valence-corrected chi connectivity index (χ4v) is 1.70. The van der Waals surface area contributed by atoms with E-state index in [2.05, 4.69) is 39.9 Å². The summed E-state index contributed by atoms with van der Waals surface area (Å²) in [5, 5.41) is 13.6. The molecule has 0 rings (SSSR count). The van der Waals surface area contributed by atoms with Gasteiger partial charge in [-0.15, -0.1) is 0 Å². The molecule has 0 aromatic rings. The van der Waals surface area contributed by atoms with Crippen LogP contribution < -0.4 is 5.32 Å². The van der Waals surface area contributed by atoms with Gasteiger partial charge < -0.3 is 10.4 Å². The fourth-order valence-electron chi connectivity index (χ4n) is 1.70. The Kier molecular flexibility index (Phi) is 5.82. The summed E-state index contributed by atoms with van der Waals surface area (Å²) in [5.41, 5.74) is -0.375. The van der Waals surface area contributed by atoms with Crippen LogP contribution in [0.15, 0.2) is 0 Å². The molecule has 0 aromatic carbocycles. The number of rotatable bonds is 6. The highest BCUT2D eigenvalue weighted by atomic mass is 16.3. The van der Waals surface area contributed by atoms with Crippen LogP contribution in [0, 0.1) is 5.92 Å². The number of hydrogen-bond acceptors (Lipinski definition) is 2. The molecule has 0 bridgehead atoms. The SMILES string of the molecule is CCC(C)CC(C)(O)CCNC(C)(C)C. The molecular weight excluding hydrogens is 186 g/mol. The first-order valence-electron chi connectivity index (χ1n) is 6.14. The Bertz CT molecular complexity index is 170. The predicted octanol–water partition coefficient (Wildman–Crippen LogP) is 2.95. The number of nitrogens with one attached hydrogen (secondary N) is 1. The van der Waals surface area contributed by atoms with Gasteiger partial charge in [-0.05, 0) is 53.0 Å². The van der Waals surface area contributed by atoms with E-state index in [0.29, 0.717) is 5.92 Å². The maximum Gasteiger partial charge on any atom is 0.0634 e. The molecule has 0 aliphatic carbocycles. The van der Waals surface area contributed by atoms with Crippen LogP contribution in [0.1, 0.15) is 60.8 Å². The highest BCUT2D eigenvalue weighted by molar-refractivity contribution is 4.78. The summed E-state index contributed by atoms with van der Waals surface area (Å²) >= 11 is 0. The van der Waals surface area contributed by atoms with Gasteiger partial charge in [-0.1, -0.05) is 20.3 Å². The van der Waals surface area contributed by atoms with Crippen LogP contribution in [0.5, 0.6) is 0 Å². The molecule has 0 aliphatic heterocycles. The van der Waals surface area contributed by atoms with Gasteiger partial charge in [0.1, 0.15) is 0 Å². The summed E-state index contributed by atoms with van der Waals surface area (Å²) < 4.78 is 0. The second kappa shape index (κ2) is 5.86. The van der Waals surface area contributed by atoms with E-state index in [4.69, 9.17) is 0 Å². The third-order valence-electron chi connectivity index (χ3n) is 2.80. The van der Waals surface area contributed by atoms with Crippen LogP contribution in [-0.2, 0) is 0 Å². The molecule has 15 heavy (non-hydrogen) atoms. The first-order chi connectivity index (χ1) is 6.66. The first kappa shape index (κ1) is 14.9. The quantitative estimate of drug-likeness (QED) is 0.714. The van der Waals surface area contributed by atoms with Crippen LogP contribution >= 0.6 is 0 Å². The van der Waals surface area contributed by atoms with E-state index in [-0.39, 0.29) is 5.54 Å². The molecule has 92 valence electrons. The minimum Gasteiger partial charge on any atom is -0.390 e. The second-order valence-electron chi connectivity index (χ2n) is 6.14. The van der Waals surface area contributed by atoms with Crippen molar-refractivity contribution >= 4 is 0 Å². The van der Waals surface area contributed by atoms with Crippen molar-refractivity contribution < 1.29 is 5.11 Å². The highest BCUT2D eigenvalue weighted by Gasteiger charge is 2.23. The topological polar surface area (TPSA) is 32.3 Å².